The van der Waals surface area contributed by atoms with Crippen molar-refractivity contribution in [2.24, 2.45) is 0 Å². The van der Waals surface area contributed by atoms with Crippen LogP contribution in [0.3, 0.4) is 0 Å². The number of ether oxygens (including phenoxy) is 1. The Kier molecular flexibility index (Phi) is 9.92. The van der Waals surface area contributed by atoms with Crippen LogP contribution < -0.4 is 34.3 Å². The summed E-state index contributed by atoms with van der Waals surface area (Å²) in [6.45, 7) is 4.92. The Labute approximate surface area is 243 Å². The minimum absolute atomic E-state index is 0. The number of aromatic hydroxyl groups is 1. The maximum Gasteiger partial charge on any atom is 1.00 e. The van der Waals surface area contributed by atoms with E-state index >= 15 is 0 Å². The van der Waals surface area contributed by atoms with Gasteiger partial charge in [0.25, 0.3) is 0 Å². The summed E-state index contributed by atoms with van der Waals surface area (Å²) in [7, 11) is -4.16. The zero-order valence-electron chi connectivity index (χ0n) is 22.0. The summed E-state index contributed by atoms with van der Waals surface area (Å²) in [5.41, 5.74) is 3.95. The van der Waals surface area contributed by atoms with E-state index in [-0.39, 0.29) is 51.9 Å². The molecule has 0 heterocycles. The molecular formula is C30H35NaO5S. The van der Waals surface area contributed by atoms with Crippen LogP contribution in [0.1, 0.15) is 68.6 Å². The number of phenolic OH excluding ortho intramolecular Hbond substituents is 1. The van der Waals surface area contributed by atoms with E-state index in [1.807, 2.05) is 12.1 Å². The van der Waals surface area contributed by atoms with Crippen LogP contribution in [0.5, 0.6) is 11.5 Å². The summed E-state index contributed by atoms with van der Waals surface area (Å²) in [5, 5.41) is 9.91. The molecule has 7 heteroatoms. The van der Waals surface area contributed by atoms with Crippen LogP contribution in [0.25, 0.3) is 0 Å². The molecule has 5 nitrogen and oxygen atoms in total. The molecule has 3 atom stereocenters. The number of phenols is 1. The minimum Gasteiger partial charge on any atom is -0.748 e. The fourth-order valence-corrected chi connectivity index (χ4v) is 6.48. The van der Waals surface area contributed by atoms with Gasteiger partial charge in [-0.2, -0.15) is 0 Å². The van der Waals surface area contributed by atoms with Gasteiger partial charge in [0, 0.05) is 16.6 Å². The van der Waals surface area contributed by atoms with E-state index in [4.69, 9.17) is 4.74 Å². The predicted octanol–water partition coefficient (Wildman–Crippen LogP) is 3.28. The summed E-state index contributed by atoms with van der Waals surface area (Å²) in [5.74, 6) is 0.988. The van der Waals surface area contributed by atoms with Gasteiger partial charge in [0.2, 0.25) is 0 Å². The van der Waals surface area contributed by atoms with Crippen molar-refractivity contribution in [3.8, 4) is 11.5 Å². The van der Waals surface area contributed by atoms with E-state index in [0.717, 1.165) is 25.0 Å². The standard InChI is InChI=1S/C30H36O5S.Na/c1-3-29(25-9-5-4-6-10-25)22-30(29,26-13-15-27(31)16-14-26)21-23(2)24-11-17-28(18-12-24)35-19-7-8-20-36(32,33)34;/h4-6,9-18,23,31H,3,7-8,19-22H2,1-2H3,(H,32,33,34);/q;+1/p-1. The second-order valence-electron chi connectivity index (χ2n) is 10.1. The summed E-state index contributed by atoms with van der Waals surface area (Å²) in [6, 6.07) is 26.7. The summed E-state index contributed by atoms with van der Waals surface area (Å²) in [6.07, 6.45) is 3.94. The number of rotatable bonds is 12. The number of hydrogen-bond donors (Lipinski definition) is 1. The van der Waals surface area contributed by atoms with Crippen molar-refractivity contribution in [2.75, 3.05) is 12.4 Å². The molecule has 0 aliphatic heterocycles. The molecule has 1 aliphatic rings. The smallest absolute Gasteiger partial charge is 0.748 e. The molecule has 0 spiro atoms. The molecule has 0 amide bonds. The molecule has 37 heavy (non-hydrogen) atoms. The molecule has 0 radical (unpaired) electrons. The van der Waals surface area contributed by atoms with E-state index in [1.165, 1.54) is 16.7 Å². The Balaban J connectivity index is 0.00000380. The van der Waals surface area contributed by atoms with Gasteiger partial charge in [0.05, 0.1) is 16.7 Å². The van der Waals surface area contributed by atoms with Crippen LogP contribution in [0.4, 0.5) is 0 Å². The molecular weight excluding hydrogens is 495 g/mol. The first-order chi connectivity index (χ1) is 17.2. The molecule has 192 valence electrons. The Morgan fingerprint density at radius 3 is 2.14 bits per heavy atom. The molecule has 3 aromatic rings. The predicted molar refractivity (Wildman–Crippen MR) is 142 cm³/mol. The Morgan fingerprint density at radius 1 is 0.919 bits per heavy atom. The van der Waals surface area contributed by atoms with Gasteiger partial charge < -0.3 is 14.4 Å². The maximum atomic E-state index is 10.7. The van der Waals surface area contributed by atoms with Crippen LogP contribution in [-0.2, 0) is 20.9 Å². The van der Waals surface area contributed by atoms with Crippen LogP contribution in [-0.4, -0.2) is 30.4 Å². The Hall–Kier alpha value is -1.83. The zero-order valence-corrected chi connectivity index (χ0v) is 24.8. The maximum absolute atomic E-state index is 10.7. The molecule has 1 aliphatic carbocycles. The number of benzene rings is 3. The van der Waals surface area contributed by atoms with Gasteiger partial charge in [0.15, 0.2) is 0 Å². The fourth-order valence-electron chi connectivity index (χ4n) is 5.92. The minimum atomic E-state index is -4.16. The third-order valence-electron chi connectivity index (χ3n) is 7.91. The number of hydrogen-bond acceptors (Lipinski definition) is 5. The first-order valence-electron chi connectivity index (χ1n) is 12.7. The largest absolute Gasteiger partial charge is 1.00 e. The van der Waals surface area contributed by atoms with Gasteiger partial charge in [-0.3, -0.25) is 0 Å². The molecule has 1 N–H and O–H groups in total. The molecule has 0 saturated heterocycles. The molecule has 3 aromatic carbocycles. The van der Waals surface area contributed by atoms with E-state index < -0.39 is 10.1 Å². The van der Waals surface area contributed by atoms with Gasteiger partial charge in [-0.05, 0) is 79.0 Å². The second-order valence-corrected chi connectivity index (χ2v) is 11.6. The normalized spacial score (nSPS) is 21.6. The molecule has 3 unspecified atom stereocenters. The summed E-state index contributed by atoms with van der Waals surface area (Å²) < 4.78 is 37.9. The zero-order chi connectivity index (χ0) is 25.8. The van der Waals surface area contributed by atoms with Crippen molar-refractivity contribution < 1.29 is 52.4 Å². The monoisotopic (exact) mass is 530 g/mol. The molecule has 4 rings (SSSR count). The summed E-state index contributed by atoms with van der Waals surface area (Å²) in [4.78, 5) is 0. The first kappa shape index (κ1) is 29.7. The van der Waals surface area contributed by atoms with Gasteiger partial charge in [-0.25, -0.2) is 8.42 Å². The quantitative estimate of drug-likeness (QED) is 0.221. The van der Waals surface area contributed by atoms with Gasteiger partial charge in [0.1, 0.15) is 11.5 Å². The van der Waals surface area contributed by atoms with Gasteiger partial charge in [-0.15, -0.1) is 0 Å². The van der Waals surface area contributed by atoms with Crippen LogP contribution in [0.15, 0.2) is 78.9 Å². The van der Waals surface area contributed by atoms with Crippen molar-refractivity contribution in [2.45, 2.75) is 62.7 Å². The second kappa shape index (κ2) is 12.4. The Bertz CT molecular complexity index is 1250. The Morgan fingerprint density at radius 2 is 1.54 bits per heavy atom. The topological polar surface area (TPSA) is 86.7 Å². The first-order valence-corrected chi connectivity index (χ1v) is 14.3. The van der Waals surface area contributed by atoms with Crippen molar-refractivity contribution in [3.05, 3.63) is 95.6 Å². The third kappa shape index (κ3) is 6.79. The average Bonchev–Trinajstić information content (AvgIpc) is 3.54. The fraction of sp³-hybridized carbons (Fsp3) is 0.400. The van der Waals surface area contributed by atoms with Crippen molar-refractivity contribution in [3.63, 3.8) is 0 Å². The van der Waals surface area contributed by atoms with Crippen LogP contribution in [0.2, 0.25) is 0 Å². The van der Waals surface area contributed by atoms with E-state index in [9.17, 15) is 18.1 Å². The number of unbranched alkanes of at least 4 members (excludes halogenated alkanes) is 1. The van der Waals surface area contributed by atoms with E-state index in [2.05, 4.69) is 68.4 Å². The molecule has 1 saturated carbocycles. The van der Waals surface area contributed by atoms with Crippen LogP contribution >= 0.6 is 0 Å². The molecule has 0 aromatic heterocycles. The molecule has 1 fully saturated rings. The molecule has 0 bridgehead atoms. The van der Waals surface area contributed by atoms with Gasteiger partial charge in [-0.1, -0.05) is 68.4 Å². The van der Waals surface area contributed by atoms with E-state index in [0.29, 0.717) is 25.4 Å². The van der Waals surface area contributed by atoms with E-state index in [1.54, 1.807) is 12.1 Å². The van der Waals surface area contributed by atoms with Crippen LogP contribution in [0, 0.1) is 0 Å². The SMILES string of the molecule is CCC1(c2ccccc2)CC1(CC(C)c1ccc(OCCCCS(=O)(=O)[O-])cc1)c1ccc(O)cc1.[Na+]. The van der Waals surface area contributed by atoms with Crippen molar-refractivity contribution in [1.29, 1.82) is 0 Å². The van der Waals surface area contributed by atoms with Crippen molar-refractivity contribution >= 4 is 10.1 Å². The summed E-state index contributed by atoms with van der Waals surface area (Å²) >= 11 is 0. The van der Waals surface area contributed by atoms with Gasteiger partial charge >= 0.3 is 29.6 Å². The third-order valence-corrected chi connectivity index (χ3v) is 8.69. The van der Waals surface area contributed by atoms with Crippen molar-refractivity contribution in [1.82, 2.24) is 0 Å². The average molecular weight is 531 g/mol.